The number of aliphatic hydroxyl groups is 1. The number of amides is 1. The lowest BCUT2D eigenvalue weighted by Crippen LogP contribution is -2.56. The summed E-state index contributed by atoms with van der Waals surface area (Å²) in [6.07, 6.45) is -5.75. The first-order chi connectivity index (χ1) is 10.1. The van der Waals surface area contributed by atoms with Crippen LogP contribution in [0, 0.1) is 0 Å². The summed E-state index contributed by atoms with van der Waals surface area (Å²) >= 11 is 0. The lowest BCUT2D eigenvalue weighted by Gasteiger charge is -2.32. The van der Waals surface area contributed by atoms with Crippen molar-refractivity contribution in [3.63, 3.8) is 0 Å². The first-order valence-corrected chi connectivity index (χ1v) is 6.51. The Bertz CT molecular complexity index is 628. The first kappa shape index (κ1) is 16.3. The van der Waals surface area contributed by atoms with Crippen molar-refractivity contribution in [3.8, 4) is 0 Å². The van der Waals surface area contributed by atoms with E-state index in [0.29, 0.717) is 5.69 Å². The van der Waals surface area contributed by atoms with E-state index in [0.717, 1.165) is 0 Å². The molecule has 22 heavy (non-hydrogen) atoms. The van der Waals surface area contributed by atoms with Crippen molar-refractivity contribution in [2.24, 2.45) is 5.10 Å². The van der Waals surface area contributed by atoms with Crippen LogP contribution >= 0.6 is 0 Å². The molecule has 1 N–H and O–H groups in total. The smallest absolute Gasteiger partial charge is 0.378 e. The molecule has 1 aromatic carbocycles. The Balaban J connectivity index is 2.41. The Kier molecular flexibility index (Phi) is 3.90. The molecule has 0 bridgehead atoms. The average molecular weight is 315 g/mol. The maximum atomic E-state index is 13.1. The molecule has 0 radical (unpaired) electrons. The van der Waals surface area contributed by atoms with Gasteiger partial charge in [0.05, 0.1) is 0 Å². The second-order valence-electron chi connectivity index (χ2n) is 5.39. The summed E-state index contributed by atoms with van der Waals surface area (Å²) in [6.45, 7) is 1.33. The van der Waals surface area contributed by atoms with E-state index in [1.54, 1.807) is 31.1 Å². The molecule has 0 aliphatic carbocycles. The van der Waals surface area contributed by atoms with Gasteiger partial charge < -0.3 is 10.0 Å². The quantitative estimate of drug-likeness (QED) is 0.910. The Morgan fingerprint density at radius 3 is 2.59 bits per heavy atom. The molecule has 1 atom stereocenters. The third-order valence-electron chi connectivity index (χ3n) is 3.38. The SMILES string of the molecule is CC1=NN(C(=O)c2cccc(N(C)C)c2)[C@@](O)(C(F)(F)F)C1. The zero-order valence-corrected chi connectivity index (χ0v) is 12.3. The van der Waals surface area contributed by atoms with E-state index in [9.17, 15) is 23.1 Å². The number of halogens is 3. The highest BCUT2D eigenvalue weighted by atomic mass is 19.4. The monoisotopic (exact) mass is 315 g/mol. The lowest BCUT2D eigenvalue weighted by molar-refractivity contribution is -0.297. The molecular weight excluding hydrogens is 299 g/mol. The number of nitrogens with zero attached hydrogens (tertiary/aromatic N) is 3. The number of hydrogen-bond donors (Lipinski definition) is 1. The van der Waals surface area contributed by atoms with Crippen LogP contribution < -0.4 is 4.90 Å². The van der Waals surface area contributed by atoms with Gasteiger partial charge in [-0.15, -0.1) is 0 Å². The van der Waals surface area contributed by atoms with Gasteiger partial charge in [0.15, 0.2) is 0 Å². The molecule has 1 aliphatic rings. The molecule has 0 aromatic heterocycles. The van der Waals surface area contributed by atoms with E-state index in [1.165, 1.54) is 19.1 Å². The zero-order chi connectivity index (χ0) is 16.7. The van der Waals surface area contributed by atoms with Gasteiger partial charge >= 0.3 is 6.18 Å². The fraction of sp³-hybridized carbons (Fsp3) is 0.429. The van der Waals surface area contributed by atoms with Gasteiger partial charge in [0, 0.05) is 37.5 Å². The average Bonchev–Trinajstić information content (AvgIpc) is 2.74. The van der Waals surface area contributed by atoms with Gasteiger partial charge in [-0.3, -0.25) is 4.79 Å². The normalized spacial score (nSPS) is 21.8. The van der Waals surface area contributed by atoms with E-state index in [4.69, 9.17) is 0 Å². The number of carbonyl (C=O) groups is 1. The molecule has 5 nitrogen and oxygen atoms in total. The minimum atomic E-state index is -5.00. The summed E-state index contributed by atoms with van der Waals surface area (Å²) in [4.78, 5) is 14.1. The third kappa shape index (κ3) is 2.66. The van der Waals surface area contributed by atoms with Crippen LogP contribution in [-0.4, -0.2) is 47.7 Å². The lowest BCUT2D eigenvalue weighted by atomic mass is 10.1. The topological polar surface area (TPSA) is 56.1 Å². The van der Waals surface area contributed by atoms with Crippen LogP contribution in [0.15, 0.2) is 29.4 Å². The predicted octanol–water partition coefficient (Wildman–Crippen LogP) is 2.23. The van der Waals surface area contributed by atoms with Gasteiger partial charge in [0.1, 0.15) is 0 Å². The summed E-state index contributed by atoms with van der Waals surface area (Å²) in [7, 11) is 3.49. The highest BCUT2D eigenvalue weighted by molar-refractivity contribution is 5.98. The molecule has 0 saturated carbocycles. The van der Waals surface area contributed by atoms with E-state index in [1.807, 2.05) is 0 Å². The van der Waals surface area contributed by atoms with Crippen molar-refractivity contribution in [3.05, 3.63) is 29.8 Å². The van der Waals surface area contributed by atoms with Crippen LogP contribution in [0.25, 0.3) is 0 Å². The van der Waals surface area contributed by atoms with E-state index in [2.05, 4.69) is 5.10 Å². The Labute approximate surface area is 125 Å². The standard InChI is InChI=1S/C14H16F3N3O2/c1-9-8-13(22,14(15,16)17)20(18-9)12(21)10-5-4-6-11(7-10)19(2)3/h4-7,22H,8H2,1-3H3/t13-/m0/s1. The maximum absolute atomic E-state index is 13.1. The second kappa shape index (κ2) is 5.28. The Morgan fingerprint density at radius 2 is 2.05 bits per heavy atom. The fourth-order valence-electron chi connectivity index (χ4n) is 2.19. The van der Waals surface area contributed by atoms with Gasteiger partial charge in [0.25, 0.3) is 11.6 Å². The molecule has 0 saturated heterocycles. The van der Waals surface area contributed by atoms with Crippen LogP contribution in [0.1, 0.15) is 23.7 Å². The molecule has 0 fully saturated rings. The van der Waals surface area contributed by atoms with Gasteiger partial charge in [-0.2, -0.15) is 23.3 Å². The number of hydrogen-bond acceptors (Lipinski definition) is 4. The summed E-state index contributed by atoms with van der Waals surface area (Å²) in [5.74, 6) is -1.000. The molecule has 1 aliphatic heterocycles. The van der Waals surface area contributed by atoms with Crippen molar-refractivity contribution in [2.45, 2.75) is 25.2 Å². The minimum absolute atomic E-state index is 0.0207. The zero-order valence-electron chi connectivity index (χ0n) is 12.3. The summed E-state index contributed by atoms with van der Waals surface area (Å²) in [5, 5.41) is 13.6. The van der Waals surface area contributed by atoms with Crippen molar-refractivity contribution >= 4 is 17.3 Å². The van der Waals surface area contributed by atoms with Crippen molar-refractivity contribution < 1.29 is 23.1 Å². The maximum Gasteiger partial charge on any atom is 0.438 e. The highest BCUT2D eigenvalue weighted by Gasteiger charge is 2.62. The molecule has 0 unspecified atom stereocenters. The van der Waals surface area contributed by atoms with E-state index in [-0.39, 0.29) is 16.3 Å². The molecule has 0 spiro atoms. The first-order valence-electron chi connectivity index (χ1n) is 6.51. The summed E-state index contributed by atoms with van der Waals surface area (Å²) < 4.78 is 39.4. The Morgan fingerprint density at radius 1 is 1.41 bits per heavy atom. The number of carbonyl (C=O) groups excluding carboxylic acids is 1. The van der Waals surface area contributed by atoms with Crippen molar-refractivity contribution in [2.75, 3.05) is 19.0 Å². The number of anilines is 1. The third-order valence-corrected chi connectivity index (χ3v) is 3.38. The van der Waals surface area contributed by atoms with Crippen LogP contribution in [-0.2, 0) is 0 Å². The molecule has 1 amide bonds. The fourth-order valence-corrected chi connectivity index (χ4v) is 2.19. The largest absolute Gasteiger partial charge is 0.438 e. The van der Waals surface area contributed by atoms with Gasteiger partial charge in [-0.05, 0) is 25.1 Å². The van der Waals surface area contributed by atoms with E-state index >= 15 is 0 Å². The van der Waals surface area contributed by atoms with Crippen molar-refractivity contribution in [1.29, 1.82) is 0 Å². The molecule has 8 heteroatoms. The van der Waals surface area contributed by atoms with Gasteiger partial charge in [-0.25, -0.2) is 0 Å². The van der Waals surface area contributed by atoms with E-state index < -0.39 is 24.2 Å². The molecule has 1 heterocycles. The van der Waals surface area contributed by atoms with Crippen LogP contribution in [0.5, 0.6) is 0 Å². The van der Waals surface area contributed by atoms with Crippen molar-refractivity contribution in [1.82, 2.24) is 5.01 Å². The van der Waals surface area contributed by atoms with Gasteiger partial charge in [-0.1, -0.05) is 6.07 Å². The number of benzene rings is 1. The minimum Gasteiger partial charge on any atom is -0.378 e. The second-order valence-corrected chi connectivity index (χ2v) is 5.39. The summed E-state index contributed by atoms with van der Waals surface area (Å²) in [5.41, 5.74) is -2.59. The van der Waals surface area contributed by atoms with Crippen LogP contribution in [0.4, 0.5) is 18.9 Å². The molecule has 120 valence electrons. The Hall–Kier alpha value is -2.09. The predicted molar refractivity (Wildman–Crippen MR) is 75.7 cm³/mol. The van der Waals surface area contributed by atoms with Gasteiger partial charge in [0.2, 0.25) is 0 Å². The number of rotatable bonds is 2. The molecule has 1 aromatic rings. The van der Waals surface area contributed by atoms with Crippen LogP contribution in [0.3, 0.4) is 0 Å². The van der Waals surface area contributed by atoms with Crippen LogP contribution in [0.2, 0.25) is 0 Å². The molecule has 2 rings (SSSR count). The highest BCUT2D eigenvalue weighted by Crippen LogP contribution is 2.40. The summed E-state index contributed by atoms with van der Waals surface area (Å²) in [6, 6.07) is 6.10. The number of hydrazone groups is 1. The number of alkyl halides is 3. The molecular formula is C14H16F3N3O2.